The largest absolute Gasteiger partial charge is 0.416 e. The number of fused-ring (bicyclic) bond motifs is 1. The van der Waals surface area contributed by atoms with Crippen molar-refractivity contribution < 1.29 is 23.1 Å². The fraction of sp³-hybridized carbons (Fsp3) is 0.414. The number of alkyl halides is 3. The summed E-state index contributed by atoms with van der Waals surface area (Å²) in [5.74, 6) is 0.174. The number of likely N-dealkylation sites (tertiary alicyclic amines) is 1. The van der Waals surface area contributed by atoms with Gasteiger partial charge in [-0.05, 0) is 60.6 Å². The van der Waals surface area contributed by atoms with E-state index in [1.165, 1.54) is 0 Å². The van der Waals surface area contributed by atoms with E-state index in [1.807, 2.05) is 12.1 Å². The number of hydrogen-bond donors (Lipinski definition) is 2. The molecule has 0 aromatic heterocycles. The number of carbonyl (C=O) groups excluding carboxylic acids is 1. The number of aliphatic hydroxyl groups is 1. The molecule has 2 N–H and O–H groups in total. The molecule has 2 fully saturated rings. The predicted molar refractivity (Wildman–Crippen MR) is 140 cm³/mol. The Bertz CT molecular complexity index is 1320. The average molecular weight is 525 g/mol. The maximum absolute atomic E-state index is 13.7. The van der Waals surface area contributed by atoms with E-state index in [1.54, 1.807) is 18.2 Å². The van der Waals surface area contributed by atoms with Crippen LogP contribution in [0.15, 0.2) is 64.6 Å². The molecule has 2 heterocycles. The zero-order chi connectivity index (χ0) is 26.9. The van der Waals surface area contributed by atoms with Gasteiger partial charge in [-0.1, -0.05) is 30.8 Å². The van der Waals surface area contributed by atoms with Gasteiger partial charge in [0, 0.05) is 37.3 Å². The van der Waals surface area contributed by atoms with Crippen LogP contribution in [0.1, 0.15) is 59.2 Å². The molecule has 9 heteroatoms. The lowest BCUT2D eigenvalue weighted by molar-refractivity contribution is -0.137. The van der Waals surface area contributed by atoms with Crippen molar-refractivity contribution in [2.24, 2.45) is 9.98 Å². The first-order valence-corrected chi connectivity index (χ1v) is 13.0. The summed E-state index contributed by atoms with van der Waals surface area (Å²) in [4.78, 5) is 24.1. The lowest BCUT2D eigenvalue weighted by Gasteiger charge is -2.29. The van der Waals surface area contributed by atoms with E-state index in [2.05, 4.69) is 26.8 Å². The summed E-state index contributed by atoms with van der Waals surface area (Å²) in [6, 6.07) is 11.3. The van der Waals surface area contributed by atoms with Gasteiger partial charge < -0.3 is 10.4 Å². The summed E-state index contributed by atoms with van der Waals surface area (Å²) < 4.78 is 41.0. The number of amidine groups is 1. The first-order chi connectivity index (χ1) is 18.1. The Balaban J connectivity index is 1.25. The highest BCUT2D eigenvalue weighted by Crippen LogP contribution is 2.32. The Hall–Kier alpha value is -3.30. The monoisotopic (exact) mass is 524 g/mol. The van der Waals surface area contributed by atoms with Crippen molar-refractivity contribution in [1.82, 2.24) is 4.90 Å². The van der Waals surface area contributed by atoms with Crippen molar-refractivity contribution in [2.75, 3.05) is 18.4 Å². The van der Waals surface area contributed by atoms with E-state index in [-0.39, 0.29) is 30.9 Å². The Kier molecular flexibility index (Phi) is 7.49. The number of nitrogens with zero attached hydrogens (tertiary/aromatic N) is 3. The number of halogens is 3. The third-order valence-electron chi connectivity index (χ3n) is 7.09. The Morgan fingerprint density at radius 3 is 2.47 bits per heavy atom. The molecular weight excluding hydrogens is 493 g/mol. The number of aliphatic hydroxyl groups excluding tert-OH is 1. The summed E-state index contributed by atoms with van der Waals surface area (Å²) in [5.41, 5.74) is 2.17. The molecule has 2 aliphatic heterocycles. The molecule has 2 aromatic carbocycles. The number of Topliss-reactive ketones (excluding diaryl/α,β-unsaturated/α-hetero) is 1. The minimum Gasteiger partial charge on any atom is -0.393 e. The normalized spacial score (nSPS) is 18.9. The molecule has 0 unspecified atom stereocenters. The van der Waals surface area contributed by atoms with E-state index in [0.29, 0.717) is 33.6 Å². The second-order valence-corrected chi connectivity index (χ2v) is 10.3. The van der Waals surface area contributed by atoms with Crippen molar-refractivity contribution in [2.45, 2.75) is 63.5 Å². The van der Waals surface area contributed by atoms with Gasteiger partial charge in [-0.15, -0.1) is 0 Å². The predicted octanol–water partition coefficient (Wildman–Crippen LogP) is 4.88. The van der Waals surface area contributed by atoms with Crippen molar-refractivity contribution >= 4 is 17.3 Å². The van der Waals surface area contributed by atoms with Crippen LogP contribution in [0.25, 0.3) is 0 Å². The molecule has 200 valence electrons. The fourth-order valence-corrected chi connectivity index (χ4v) is 4.69. The first kappa shape index (κ1) is 26.3. The van der Waals surface area contributed by atoms with E-state index < -0.39 is 11.7 Å². The number of anilines is 1. The molecule has 1 saturated carbocycles. The van der Waals surface area contributed by atoms with Crippen LogP contribution in [-0.2, 0) is 19.3 Å². The quantitative estimate of drug-likeness (QED) is 0.507. The van der Waals surface area contributed by atoms with Crippen molar-refractivity contribution in [3.63, 3.8) is 0 Å². The van der Waals surface area contributed by atoms with Crippen LogP contribution in [0.5, 0.6) is 0 Å². The summed E-state index contributed by atoms with van der Waals surface area (Å²) in [6.07, 6.45) is -1.41. The molecule has 1 aliphatic carbocycles. The molecule has 3 aliphatic rings. The second-order valence-electron chi connectivity index (χ2n) is 10.3. The van der Waals surface area contributed by atoms with Crippen LogP contribution in [0, 0.1) is 0 Å². The third-order valence-corrected chi connectivity index (χ3v) is 7.09. The molecular formula is C29H31F3N4O2. The highest BCUT2D eigenvalue weighted by Gasteiger charge is 2.32. The number of hydrogen-bond acceptors (Lipinski definition) is 6. The van der Waals surface area contributed by atoms with E-state index >= 15 is 0 Å². The minimum absolute atomic E-state index is 0.00211. The van der Waals surface area contributed by atoms with Gasteiger partial charge in [0.05, 0.1) is 29.6 Å². The van der Waals surface area contributed by atoms with Gasteiger partial charge in [-0.3, -0.25) is 19.7 Å². The summed E-state index contributed by atoms with van der Waals surface area (Å²) in [5, 5.41) is 12.9. The van der Waals surface area contributed by atoms with Gasteiger partial charge in [0.2, 0.25) is 0 Å². The molecule has 38 heavy (non-hydrogen) atoms. The first-order valence-electron chi connectivity index (χ1n) is 13.0. The maximum Gasteiger partial charge on any atom is 0.416 e. The summed E-state index contributed by atoms with van der Waals surface area (Å²) in [6.45, 7) is 6.62. The Morgan fingerprint density at radius 2 is 1.82 bits per heavy atom. The number of rotatable bonds is 7. The van der Waals surface area contributed by atoms with Gasteiger partial charge >= 0.3 is 6.18 Å². The molecule has 0 atom stereocenters. The topological polar surface area (TPSA) is 77.3 Å². The van der Waals surface area contributed by atoms with Crippen LogP contribution >= 0.6 is 0 Å². The number of carbonyl (C=O) groups is 1. The van der Waals surface area contributed by atoms with Gasteiger partial charge in [0.15, 0.2) is 5.78 Å². The van der Waals surface area contributed by atoms with Gasteiger partial charge in [-0.2, -0.15) is 13.2 Å². The molecule has 0 spiro atoms. The van der Waals surface area contributed by atoms with Crippen molar-refractivity contribution in [3.05, 3.63) is 82.2 Å². The number of piperidine rings is 1. The van der Waals surface area contributed by atoms with Gasteiger partial charge in [-0.25, -0.2) is 0 Å². The molecule has 2 aromatic rings. The Morgan fingerprint density at radius 1 is 1.11 bits per heavy atom. The van der Waals surface area contributed by atoms with Crippen LogP contribution in [-0.4, -0.2) is 46.9 Å². The van der Waals surface area contributed by atoms with Crippen molar-refractivity contribution in [1.29, 1.82) is 0 Å². The van der Waals surface area contributed by atoms with E-state index in [9.17, 15) is 23.1 Å². The highest BCUT2D eigenvalue weighted by molar-refractivity contribution is 6.13. The lowest BCUT2D eigenvalue weighted by Crippen LogP contribution is -2.35. The average Bonchev–Trinajstić information content (AvgIpc) is 3.71. The minimum atomic E-state index is -4.52. The summed E-state index contributed by atoms with van der Waals surface area (Å²) >= 11 is 0. The maximum atomic E-state index is 13.7. The van der Waals surface area contributed by atoms with Crippen LogP contribution in [0.3, 0.4) is 0 Å². The number of ketones is 1. The highest BCUT2D eigenvalue weighted by atomic mass is 19.4. The number of nitrogens with one attached hydrogen (secondary N) is 1. The third kappa shape index (κ3) is 6.57. The van der Waals surface area contributed by atoms with Crippen LogP contribution < -0.4 is 10.7 Å². The van der Waals surface area contributed by atoms with Crippen LogP contribution in [0.4, 0.5) is 18.9 Å². The molecule has 5 rings (SSSR count). The standard InChI is InChI=1S/C29H31F3N4O2/c1-18(12-27(38)20-4-2-19(3-5-20)17-36-10-8-25(37)9-11-36)28-33-16-21-13-24(34-23-6-7-23)14-22(29(30,31)32)15-26(21)35-28/h2-5,13-15,23,25,37H,1,6-12,16-17H2,(H,33,35). The molecule has 1 saturated heterocycles. The van der Waals surface area contributed by atoms with Crippen molar-refractivity contribution in [3.8, 4) is 0 Å². The fourth-order valence-electron chi connectivity index (χ4n) is 4.69. The molecule has 0 amide bonds. The zero-order valence-electron chi connectivity index (χ0n) is 21.1. The Labute approximate surface area is 219 Å². The van der Waals surface area contributed by atoms with Crippen LogP contribution in [0.2, 0.25) is 0 Å². The SMILES string of the molecule is C=C(CC(=O)c1ccc(CN2CCC(O)CC2)cc1)C1=NCc2cc(=NC3CC3)cc(C(F)(F)F)cc2N1. The van der Waals surface area contributed by atoms with Gasteiger partial charge in [0.25, 0.3) is 0 Å². The zero-order valence-corrected chi connectivity index (χ0v) is 21.1. The smallest absolute Gasteiger partial charge is 0.393 e. The molecule has 0 bridgehead atoms. The molecule has 6 nitrogen and oxygen atoms in total. The number of benzene rings is 1. The number of aliphatic imine (C=N–C) groups is 1. The lowest BCUT2D eigenvalue weighted by atomic mass is 10.0. The van der Waals surface area contributed by atoms with E-state index in [0.717, 1.165) is 63.0 Å². The van der Waals surface area contributed by atoms with Gasteiger partial charge in [0.1, 0.15) is 5.84 Å². The summed E-state index contributed by atoms with van der Waals surface area (Å²) in [7, 11) is 0. The molecule has 0 radical (unpaired) electrons. The van der Waals surface area contributed by atoms with E-state index in [4.69, 9.17) is 0 Å². The second kappa shape index (κ2) is 10.8.